The third-order valence-corrected chi connectivity index (χ3v) is 3.15. The van der Waals surface area contributed by atoms with E-state index in [0.29, 0.717) is 6.42 Å². The number of carbonyl (C=O) groups is 1. The zero-order valence-electron chi connectivity index (χ0n) is 12.4. The molecule has 0 aliphatic rings. The minimum Gasteiger partial charge on any atom is -0.393 e. The van der Waals surface area contributed by atoms with Crippen LogP contribution >= 0.6 is 0 Å². The van der Waals surface area contributed by atoms with Crippen molar-refractivity contribution in [2.75, 3.05) is 0 Å². The summed E-state index contributed by atoms with van der Waals surface area (Å²) >= 11 is 0. The van der Waals surface area contributed by atoms with E-state index in [1.54, 1.807) is 0 Å². The van der Waals surface area contributed by atoms with E-state index in [0.717, 1.165) is 0 Å². The van der Waals surface area contributed by atoms with Crippen LogP contribution in [-0.2, 0) is 4.79 Å². The first-order valence-corrected chi connectivity index (χ1v) is 6.68. The van der Waals surface area contributed by atoms with E-state index in [-0.39, 0.29) is 29.8 Å². The van der Waals surface area contributed by atoms with E-state index in [4.69, 9.17) is 0 Å². The van der Waals surface area contributed by atoms with Gasteiger partial charge in [-0.25, -0.2) is 0 Å². The van der Waals surface area contributed by atoms with Gasteiger partial charge in [0.25, 0.3) is 0 Å². The fourth-order valence-electron chi connectivity index (χ4n) is 2.09. The largest absolute Gasteiger partial charge is 0.393 e. The average Bonchev–Trinajstić information content (AvgIpc) is 2.15. The zero-order chi connectivity index (χ0) is 13.7. The van der Waals surface area contributed by atoms with E-state index in [9.17, 15) is 9.90 Å². The van der Waals surface area contributed by atoms with E-state index in [1.165, 1.54) is 0 Å². The molecule has 0 aliphatic carbocycles. The Balaban J connectivity index is 4.56. The Labute approximate surface area is 106 Å². The van der Waals surface area contributed by atoms with E-state index < -0.39 is 6.10 Å². The maximum absolute atomic E-state index is 12.3. The Morgan fingerprint density at radius 3 is 1.71 bits per heavy atom. The number of nitrogens with zero attached hydrogens (tertiary/aromatic N) is 1. The summed E-state index contributed by atoms with van der Waals surface area (Å²) in [6.45, 7) is 14.0. The third-order valence-electron chi connectivity index (χ3n) is 3.15. The van der Waals surface area contributed by atoms with Crippen LogP contribution in [0.5, 0.6) is 0 Å². The predicted molar refractivity (Wildman–Crippen MR) is 71.7 cm³/mol. The lowest BCUT2D eigenvalue weighted by Crippen LogP contribution is -2.45. The number of aliphatic hydroxyl groups excluding tert-OH is 1. The topological polar surface area (TPSA) is 40.5 Å². The first kappa shape index (κ1) is 16.4. The normalized spacial score (nSPS) is 15.5. The van der Waals surface area contributed by atoms with Crippen molar-refractivity contribution in [3.63, 3.8) is 0 Å². The van der Waals surface area contributed by atoms with Crippen LogP contribution < -0.4 is 0 Å². The van der Waals surface area contributed by atoms with Crippen LogP contribution in [0.3, 0.4) is 0 Å². The lowest BCUT2D eigenvalue weighted by Gasteiger charge is -2.33. The van der Waals surface area contributed by atoms with Gasteiger partial charge in [0.1, 0.15) is 0 Å². The van der Waals surface area contributed by atoms with Crippen LogP contribution in [0.25, 0.3) is 0 Å². The van der Waals surface area contributed by atoms with Gasteiger partial charge in [-0.2, -0.15) is 0 Å². The second-order valence-electron chi connectivity index (χ2n) is 5.88. The number of carbonyl (C=O) groups excluding carboxylic acids is 1. The van der Waals surface area contributed by atoms with Crippen molar-refractivity contribution in [2.24, 2.45) is 11.8 Å². The molecule has 17 heavy (non-hydrogen) atoms. The molecule has 0 saturated carbocycles. The number of aliphatic hydroxyl groups is 1. The highest BCUT2D eigenvalue weighted by Gasteiger charge is 2.27. The molecule has 0 bridgehead atoms. The zero-order valence-corrected chi connectivity index (χ0v) is 12.4. The first-order valence-electron chi connectivity index (χ1n) is 6.68. The predicted octanol–water partition coefficient (Wildman–Crippen LogP) is 2.67. The molecule has 0 aromatic rings. The molecular formula is C14H29NO2. The van der Waals surface area contributed by atoms with Crippen LogP contribution in [-0.4, -0.2) is 34.1 Å². The SMILES string of the molecule is CC(C)[C@@H](O)C[C@H](C)C(=O)N(C(C)C)C(C)C. The molecule has 1 N–H and O–H groups in total. The summed E-state index contributed by atoms with van der Waals surface area (Å²) in [5, 5.41) is 9.83. The van der Waals surface area contributed by atoms with Gasteiger partial charge in [-0.1, -0.05) is 20.8 Å². The second kappa shape index (κ2) is 7.00. The van der Waals surface area contributed by atoms with Gasteiger partial charge in [0, 0.05) is 18.0 Å². The van der Waals surface area contributed by atoms with Crippen molar-refractivity contribution in [1.82, 2.24) is 4.90 Å². The first-order chi connectivity index (χ1) is 7.68. The molecule has 0 unspecified atom stereocenters. The molecule has 0 heterocycles. The summed E-state index contributed by atoms with van der Waals surface area (Å²) in [4.78, 5) is 14.2. The van der Waals surface area contributed by atoms with Crippen molar-refractivity contribution in [2.45, 2.75) is 73.1 Å². The number of amides is 1. The quantitative estimate of drug-likeness (QED) is 0.779. The van der Waals surface area contributed by atoms with E-state index >= 15 is 0 Å². The molecule has 0 spiro atoms. The highest BCUT2D eigenvalue weighted by atomic mass is 16.3. The van der Waals surface area contributed by atoms with Gasteiger partial charge in [-0.15, -0.1) is 0 Å². The molecular weight excluding hydrogens is 214 g/mol. The molecule has 1 amide bonds. The number of rotatable bonds is 6. The molecule has 2 atom stereocenters. The highest BCUT2D eigenvalue weighted by molar-refractivity contribution is 5.79. The van der Waals surface area contributed by atoms with Crippen LogP contribution in [0.15, 0.2) is 0 Å². The van der Waals surface area contributed by atoms with Crippen LogP contribution in [0.2, 0.25) is 0 Å². The lowest BCUT2D eigenvalue weighted by atomic mass is 9.94. The molecule has 3 nitrogen and oxygen atoms in total. The summed E-state index contributed by atoms with van der Waals surface area (Å²) in [7, 11) is 0. The Bertz CT molecular complexity index is 228. The summed E-state index contributed by atoms with van der Waals surface area (Å²) in [5.41, 5.74) is 0. The van der Waals surface area contributed by atoms with Crippen LogP contribution in [0.1, 0.15) is 54.9 Å². The van der Waals surface area contributed by atoms with Gasteiger partial charge >= 0.3 is 0 Å². The van der Waals surface area contributed by atoms with E-state index in [1.807, 2.05) is 53.4 Å². The lowest BCUT2D eigenvalue weighted by molar-refractivity contribution is -0.139. The Kier molecular flexibility index (Phi) is 6.76. The molecule has 102 valence electrons. The highest BCUT2D eigenvalue weighted by Crippen LogP contribution is 2.18. The molecule has 0 radical (unpaired) electrons. The average molecular weight is 243 g/mol. The fraction of sp³-hybridized carbons (Fsp3) is 0.929. The minimum atomic E-state index is -0.393. The molecule has 0 saturated heterocycles. The standard InChI is InChI=1S/C14H29NO2/c1-9(2)13(16)8-12(7)14(17)15(10(3)4)11(5)6/h9-13,16H,8H2,1-7H3/t12-,13-/m0/s1. The van der Waals surface area contributed by atoms with Crippen molar-refractivity contribution in [3.05, 3.63) is 0 Å². The monoisotopic (exact) mass is 243 g/mol. The Morgan fingerprint density at radius 1 is 1.00 bits per heavy atom. The molecule has 0 rings (SSSR count). The summed E-state index contributed by atoms with van der Waals surface area (Å²) in [5.74, 6) is 0.240. The molecule has 0 aromatic heterocycles. The summed E-state index contributed by atoms with van der Waals surface area (Å²) in [6.07, 6.45) is 0.155. The Morgan fingerprint density at radius 2 is 1.41 bits per heavy atom. The molecule has 0 aliphatic heterocycles. The van der Waals surface area contributed by atoms with Crippen molar-refractivity contribution >= 4 is 5.91 Å². The van der Waals surface area contributed by atoms with Crippen molar-refractivity contribution in [3.8, 4) is 0 Å². The third kappa shape index (κ3) is 5.07. The molecule has 3 heteroatoms. The maximum atomic E-state index is 12.3. The Hall–Kier alpha value is -0.570. The van der Waals surface area contributed by atoms with Crippen LogP contribution in [0, 0.1) is 11.8 Å². The molecule has 0 aromatic carbocycles. The number of hydrogen-bond donors (Lipinski definition) is 1. The summed E-state index contributed by atoms with van der Waals surface area (Å²) in [6, 6.07) is 0.419. The minimum absolute atomic E-state index is 0.114. The van der Waals surface area contributed by atoms with Gasteiger partial charge in [0.2, 0.25) is 5.91 Å². The van der Waals surface area contributed by atoms with Crippen molar-refractivity contribution in [1.29, 1.82) is 0 Å². The fourth-order valence-corrected chi connectivity index (χ4v) is 2.09. The second-order valence-corrected chi connectivity index (χ2v) is 5.88. The van der Waals surface area contributed by atoms with Gasteiger partial charge in [-0.05, 0) is 40.0 Å². The number of hydrogen-bond acceptors (Lipinski definition) is 2. The summed E-state index contributed by atoms with van der Waals surface area (Å²) < 4.78 is 0. The van der Waals surface area contributed by atoms with Crippen LogP contribution in [0.4, 0.5) is 0 Å². The molecule has 0 fully saturated rings. The van der Waals surface area contributed by atoms with Gasteiger partial charge in [0.15, 0.2) is 0 Å². The van der Waals surface area contributed by atoms with Gasteiger partial charge in [0.05, 0.1) is 6.10 Å². The smallest absolute Gasteiger partial charge is 0.225 e. The van der Waals surface area contributed by atoms with Gasteiger partial charge < -0.3 is 10.0 Å². The van der Waals surface area contributed by atoms with Crippen molar-refractivity contribution < 1.29 is 9.90 Å². The van der Waals surface area contributed by atoms with Gasteiger partial charge in [-0.3, -0.25) is 4.79 Å². The van der Waals surface area contributed by atoms with E-state index in [2.05, 4.69) is 0 Å². The maximum Gasteiger partial charge on any atom is 0.225 e.